The summed E-state index contributed by atoms with van der Waals surface area (Å²) in [7, 11) is 0. The molecule has 164 valence electrons. The maximum Gasteiger partial charge on any atom is 0.434 e. The van der Waals surface area contributed by atoms with Gasteiger partial charge in [-0.1, -0.05) is 43.2 Å². The Morgan fingerprint density at radius 1 is 1.32 bits per heavy atom. The van der Waals surface area contributed by atoms with Gasteiger partial charge in [0.1, 0.15) is 4.64 Å². The Balaban J connectivity index is 2.15. The van der Waals surface area contributed by atoms with Crippen molar-refractivity contribution in [1.82, 2.24) is 14.5 Å². The number of nitrogens with zero attached hydrogens (tertiary/aromatic N) is 2. The van der Waals surface area contributed by atoms with Gasteiger partial charge in [-0.25, -0.2) is 4.98 Å². The second-order valence-corrected chi connectivity index (χ2v) is 8.87. The number of allylic oxidation sites excluding steroid dienone is 4. The minimum atomic E-state index is -4.55. The molecule has 0 aromatic carbocycles. The van der Waals surface area contributed by atoms with Gasteiger partial charge >= 0.3 is 6.18 Å². The average Bonchev–Trinajstić information content (AvgIpc) is 3.36. The van der Waals surface area contributed by atoms with Crippen LogP contribution in [0.1, 0.15) is 37.9 Å². The molecule has 9 heteroatoms. The van der Waals surface area contributed by atoms with Crippen molar-refractivity contribution in [1.29, 1.82) is 0 Å². The summed E-state index contributed by atoms with van der Waals surface area (Å²) in [6.07, 6.45) is 2.98. The van der Waals surface area contributed by atoms with Crippen LogP contribution in [0, 0.1) is 11.6 Å². The van der Waals surface area contributed by atoms with Crippen LogP contribution in [0.15, 0.2) is 47.8 Å². The fourth-order valence-electron chi connectivity index (χ4n) is 3.02. The molecule has 0 bridgehead atoms. The Morgan fingerprint density at radius 3 is 2.65 bits per heavy atom. The number of rotatable bonds is 6. The lowest BCUT2D eigenvalue weighted by Crippen LogP contribution is -2.05. The standard InChI is InChI=1S/C22H21ClF3N3S2/c1-4-6-16(10-15(23)5-2)29-12-19(22(24,25)26)28-20(29)18-8-7-17(31-18)14-9-13(3)21(30)27-11-14/h5,7-12H,4,6H2,1-3H3,(H,27,30)/b15-5+,16-10+. The van der Waals surface area contributed by atoms with E-state index in [1.165, 1.54) is 15.9 Å². The number of thiophene rings is 1. The molecule has 31 heavy (non-hydrogen) atoms. The minimum Gasteiger partial charge on any atom is -0.352 e. The second-order valence-electron chi connectivity index (χ2n) is 6.94. The third kappa shape index (κ3) is 5.37. The van der Waals surface area contributed by atoms with Gasteiger partial charge in [-0.05, 0) is 50.1 Å². The van der Waals surface area contributed by atoms with E-state index in [9.17, 15) is 13.2 Å². The number of aromatic nitrogens is 3. The highest BCUT2D eigenvalue weighted by Crippen LogP contribution is 2.38. The van der Waals surface area contributed by atoms with Crippen molar-refractivity contribution in [3.63, 3.8) is 0 Å². The number of H-pyrrole nitrogens is 1. The number of halogens is 4. The van der Waals surface area contributed by atoms with Gasteiger partial charge in [-0.3, -0.25) is 0 Å². The predicted molar refractivity (Wildman–Crippen MR) is 125 cm³/mol. The van der Waals surface area contributed by atoms with Crippen molar-refractivity contribution >= 4 is 40.9 Å². The zero-order valence-corrected chi connectivity index (χ0v) is 19.6. The van der Waals surface area contributed by atoms with Crippen molar-refractivity contribution in [3.05, 3.63) is 63.7 Å². The molecule has 0 aliphatic carbocycles. The van der Waals surface area contributed by atoms with Crippen LogP contribution in [0.3, 0.4) is 0 Å². The van der Waals surface area contributed by atoms with Gasteiger partial charge < -0.3 is 9.55 Å². The van der Waals surface area contributed by atoms with Crippen molar-refractivity contribution in [2.45, 2.75) is 39.8 Å². The summed E-state index contributed by atoms with van der Waals surface area (Å²) in [5.41, 5.74) is 1.56. The van der Waals surface area contributed by atoms with E-state index in [0.29, 0.717) is 26.7 Å². The lowest BCUT2D eigenvalue weighted by atomic mass is 10.2. The van der Waals surface area contributed by atoms with Crippen LogP contribution >= 0.6 is 35.2 Å². The van der Waals surface area contributed by atoms with Gasteiger partial charge in [-0.15, -0.1) is 11.3 Å². The number of imidazole rings is 1. The van der Waals surface area contributed by atoms with E-state index >= 15 is 0 Å². The summed E-state index contributed by atoms with van der Waals surface area (Å²) in [6.45, 7) is 5.65. The molecule has 0 amide bonds. The highest BCUT2D eigenvalue weighted by Gasteiger charge is 2.35. The highest BCUT2D eigenvalue weighted by atomic mass is 35.5. The Morgan fingerprint density at radius 2 is 2.03 bits per heavy atom. The molecule has 0 spiro atoms. The van der Waals surface area contributed by atoms with Crippen LogP contribution in [0.2, 0.25) is 0 Å². The summed E-state index contributed by atoms with van der Waals surface area (Å²) < 4.78 is 42.6. The summed E-state index contributed by atoms with van der Waals surface area (Å²) in [4.78, 5) is 8.51. The first-order valence-electron chi connectivity index (χ1n) is 9.63. The van der Waals surface area contributed by atoms with Crippen LogP contribution in [-0.2, 0) is 6.18 Å². The number of nitrogens with one attached hydrogen (secondary N) is 1. The smallest absolute Gasteiger partial charge is 0.352 e. The number of hydrogen-bond donors (Lipinski definition) is 1. The van der Waals surface area contributed by atoms with Gasteiger partial charge in [0.15, 0.2) is 11.5 Å². The molecule has 0 aliphatic rings. The minimum absolute atomic E-state index is 0.240. The van der Waals surface area contributed by atoms with Crippen LogP contribution in [0.4, 0.5) is 13.2 Å². The topological polar surface area (TPSA) is 33.6 Å². The lowest BCUT2D eigenvalue weighted by Gasteiger charge is -2.11. The van der Waals surface area contributed by atoms with E-state index in [1.54, 1.807) is 31.3 Å². The Labute approximate surface area is 192 Å². The van der Waals surface area contributed by atoms with E-state index in [1.807, 2.05) is 26.0 Å². The molecule has 3 aromatic rings. The monoisotopic (exact) mass is 483 g/mol. The number of hydrogen-bond acceptors (Lipinski definition) is 3. The summed E-state index contributed by atoms with van der Waals surface area (Å²) in [5.74, 6) is 0.240. The van der Waals surface area contributed by atoms with Gasteiger partial charge in [0, 0.05) is 33.6 Å². The SMILES string of the molecule is C/C=C(Cl)\C=C(/CCC)n1cc(C(F)(F)F)nc1-c1ccc(-c2c[nH]c(=S)c(C)c2)s1. The van der Waals surface area contributed by atoms with Gasteiger partial charge in [0.05, 0.1) is 4.88 Å². The van der Waals surface area contributed by atoms with Crippen molar-refractivity contribution < 1.29 is 13.2 Å². The first-order chi connectivity index (χ1) is 14.6. The molecule has 3 nitrogen and oxygen atoms in total. The molecule has 0 saturated carbocycles. The zero-order chi connectivity index (χ0) is 22.8. The molecular formula is C22H21ClF3N3S2. The number of aromatic amines is 1. The van der Waals surface area contributed by atoms with Gasteiger partial charge in [0.2, 0.25) is 0 Å². The number of pyridine rings is 1. The Kier molecular flexibility index (Phi) is 7.24. The normalized spacial score (nSPS) is 13.1. The molecule has 3 rings (SSSR count). The van der Waals surface area contributed by atoms with Gasteiger partial charge in [-0.2, -0.15) is 13.2 Å². The van der Waals surface area contributed by atoms with Gasteiger partial charge in [0.25, 0.3) is 0 Å². The fraction of sp³-hybridized carbons (Fsp3) is 0.273. The van der Waals surface area contributed by atoms with Crippen LogP contribution < -0.4 is 0 Å². The van der Waals surface area contributed by atoms with Crippen LogP contribution in [-0.4, -0.2) is 14.5 Å². The van der Waals surface area contributed by atoms with Crippen molar-refractivity contribution in [2.75, 3.05) is 0 Å². The summed E-state index contributed by atoms with van der Waals surface area (Å²) in [5, 5.41) is 0.457. The molecule has 0 aliphatic heterocycles. The molecular weight excluding hydrogens is 463 g/mol. The largest absolute Gasteiger partial charge is 0.434 e. The predicted octanol–water partition coefficient (Wildman–Crippen LogP) is 8.45. The molecule has 0 unspecified atom stereocenters. The van der Waals surface area contributed by atoms with E-state index in [-0.39, 0.29) is 5.82 Å². The van der Waals surface area contributed by atoms with E-state index in [4.69, 9.17) is 23.8 Å². The number of aryl methyl sites for hydroxylation is 1. The maximum absolute atomic E-state index is 13.5. The number of alkyl halides is 3. The van der Waals surface area contributed by atoms with E-state index in [2.05, 4.69) is 9.97 Å². The lowest BCUT2D eigenvalue weighted by molar-refractivity contribution is -0.140. The summed E-state index contributed by atoms with van der Waals surface area (Å²) in [6, 6.07) is 5.62. The fourth-order valence-corrected chi connectivity index (χ4v) is 4.25. The highest BCUT2D eigenvalue weighted by molar-refractivity contribution is 7.71. The molecule has 3 aromatic heterocycles. The third-order valence-corrected chi connectivity index (χ3v) is 6.49. The van der Waals surface area contributed by atoms with Crippen molar-refractivity contribution in [2.24, 2.45) is 0 Å². The van der Waals surface area contributed by atoms with Crippen molar-refractivity contribution in [3.8, 4) is 21.1 Å². The molecule has 0 radical (unpaired) electrons. The zero-order valence-electron chi connectivity index (χ0n) is 17.2. The Hall–Kier alpha value is -2.16. The van der Waals surface area contributed by atoms with Crippen LogP contribution in [0.25, 0.3) is 26.8 Å². The first-order valence-corrected chi connectivity index (χ1v) is 11.2. The average molecular weight is 484 g/mol. The molecule has 3 heterocycles. The maximum atomic E-state index is 13.5. The molecule has 1 N–H and O–H groups in total. The second kappa shape index (κ2) is 9.54. The first kappa shape index (κ1) is 23.5. The molecule has 0 fully saturated rings. The van der Waals surface area contributed by atoms with E-state index in [0.717, 1.165) is 28.6 Å². The molecule has 0 saturated heterocycles. The summed E-state index contributed by atoms with van der Waals surface area (Å²) >= 11 is 12.7. The Bertz CT molecular complexity index is 1200. The quantitative estimate of drug-likeness (QED) is 0.282. The van der Waals surface area contributed by atoms with E-state index < -0.39 is 11.9 Å². The molecule has 0 atom stereocenters. The van der Waals surface area contributed by atoms with Crippen LogP contribution in [0.5, 0.6) is 0 Å². The third-order valence-electron chi connectivity index (χ3n) is 4.59.